The van der Waals surface area contributed by atoms with E-state index in [2.05, 4.69) is 19.2 Å². The molecule has 0 saturated carbocycles. The Morgan fingerprint density at radius 1 is 1.33 bits per heavy atom. The van der Waals surface area contributed by atoms with Gasteiger partial charge in [0.25, 0.3) is 5.91 Å². The van der Waals surface area contributed by atoms with Gasteiger partial charge in [-0.2, -0.15) is 0 Å². The quantitative estimate of drug-likeness (QED) is 0.754. The first-order valence-electron chi connectivity index (χ1n) is 6.82. The normalized spacial score (nSPS) is 11.7. The van der Waals surface area contributed by atoms with Crippen LogP contribution in [0.5, 0.6) is 0 Å². The molecule has 0 fully saturated rings. The monoisotopic (exact) mass is 316 g/mol. The summed E-state index contributed by atoms with van der Waals surface area (Å²) in [5, 5.41) is 7.54. The summed E-state index contributed by atoms with van der Waals surface area (Å²) in [5.74, 6) is -0.811. The Labute approximate surface area is 124 Å². The predicted molar refractivity (Wildman–Crippen MR) is 78.8 cm³/mol. The number of amides is 1. The average Bonchev–Trinajstić information content (AvgIpc) is 2.36. The number of rotatable bonds is 7. The van der Waals surface area contributed by atoms with Gasteiger partial charge in [-0.1, -0.05) is 26.7 Å². The van der Waals surface area contributed by atoms with Gasteiger partial charge < -0.3 is 5.32 Å². The number of nitrogens with one attached hydrogen (secondary N) is 1. The summed E-state index contributed by atoms with van der Waals surface area (Å²) in [6.45, 7) is 4.66. The van der Waals surface area contributed by atoms with E-state index in [9.17, 15) is 17.6 Å². The zero-order valence-corrected chi connectivity index (χ0v) is 13.0. The topological polar surface area (TPSA) is 89.3 Å². The molecule has 0 unspecified atom stereocenters. The third-order valence-corrected chi connectivity index (χ3v) is 3.92. The SMILES string of the molecule is CC(C)CCCCNC(=O)c1cc(S(N)(=O)=O)ccc1F. The number of nitrogens with two attached hydrogens (primary N) is 1. The molecule has 0 heterocycles. The van der Waals surface area contributed by atoms with Gasteiger partial charge in [0.05, 0.1) is 10.5 Å². The van der Waals surface area contributed by atoms with Crippen molar-refractivity contribution >= 4 is 15.9 Å². The van der Waals surface area contributed by atoms with E-state index in [0.717, 1.165) is 37.5 Å². The van der Waals surface area contributed by atoms with E-state index >= 15 is 0 Å². The molecule has 21 heavy (non-hydrogen) atoms. The van der Waals surface area contributed by atoms with Crippen molar-refractivity contribution in [2.75, 3.05) is 6.54 Å². The Bertz CT molecular complexity index is 600. The maximum Gasteiger partial charge on any atom is 0.254 e. The van der Waals surface area contributed by atoms with E-state index in [1.807, 2.05) is 0 Å². The first kappa shape index (κ1) is 17.6. The van der Waals surface area contributed by atoms with E-state index in [1.165, 1.54) is 0 Å². The highest BCUT2D eigenvalue weighted by atomic mass is 32.2. The van der Waals surface area contributed by atoms with Gasteiger partial charge in [-0.3, -0.25) is 4.79 Å². The molecule has 1 amide bonds. The molecule has 0 aliphatic rings. The zero-order valence-electron chi connectivity index (χ0n) is 12.2. The van der Waals surface area contributed by atoms with Crippen LogP contribution in [0.4, 0.5) is 4.39 Å². The van der Waals surface area contributed by atoms with Crippen LogP contribution in [0.2, 0.25) is 0 Å². The number of sulfonamides is 1. The van der Waals surface area contributed by atoms with Gasteiger partial charge in [-0.05, 0) is 30.5 Å². The van der Waals surface area contributed by atoms with Crippen molar-refractivity contribution in [1.29, 1.82) is 0 Å². The van der Waals surface area contributed by atoms with Crippen LogP contribution < -0.4 is 10.5 Å². The minimum atomic E-state index is -3.96. The molecule has 0 spiro atoms. The van der Waals surface area contributed by atoms with Crippen molar-refractivity contribution in [1.82, 2.24) is 5.32 Å². The molecule has 0 saturated heterocycles. The molecule has 0 atom stereocenters. The van der Waals surface area contributed by atoms with Crippen LogP contribution in [-0.2, 0) is 10.0 Å². The van der Waals surface area contributed by atoms with Crippen LogP contribution >= 0.6 is 0 Å². The molecule has 3 N–H and O–H groups in total. The van der Waals surface area contributed by atoms with Crippen LogP contribution in [-0.4, -0.2) is 20.9 Å². The highest BCUT2D eigenvalue weighted by Crippen LogP contribution is 2.14. The minimum absolute atomic E-state index is 0.283. The summed E-state index contributed by atoms with van der Waals surface area (Å²) >= 11 is 0. The summed E-state index contributed by atoms with van der Waals surface area (Å²) < 4.78 is 36.0. The zero-order chi connectivity index (χ0) is 16.0. The lowest BCUT2D eigenvalue weighted by Gasteiger charge is -2.08. The number of halogens is 1. The molecule has 0 bridgehead atoms. The van der Waals surface area contributed by atoms with Crippen molar-refractivity contribution in [3.05, 3.63) is 29.6 Å². The van der Waals surface area contributed by atoms with Gasteiger partial charge in [0.15, 0.2) is 0 Å². The Morgan fingerprint density at radius 3 is 2.57 bits per heavy atom. The van der Waals surface area contributed by atoms with Crippen LogP contribution in [0.1, 0.15) is 43.5 Å². The van der Waals surface area contributed by atoms with E-state index in [4.69, 9.17) is 5.14 Å². The molecule has 0 radical (unpaired) electrons. The fourth-order valence-corrected chi connectivity index (χ4v) is 2.37. The number of benzene rings is 1. The van der Waals surface area contributed by atoms with E-state index < -0.39 is 21.7 Å². The number of hydrogen-bond acceptors (Lipinski definition) is 3. The summed E-state index contributed by atoms with van der Waals surface area (Å²) in [7, 11) is -3.96. The number of primary sulfonamides is 1. The third-order valence-electron chi connectivity index (χ3n) is 3.00. The van der Waals surface area contributed by atoms with Crippen molar-refractivity contribution in [2.24, 2.45) is 11.1 Å². The van der Waals surface area contributed by atoms with Gasteiger partial charge in [0, 0.05) is 6.54 Å². The van der Waals surface area contributed by atoms with Gasteiger partial charge in [0.2, 0.25) is 10.0 Å². The van der Waals surface area contributed by atoms with Crippen molar-refractivity contribution in [3.8, 4) is 0 Å². The Hall–Kier alpha value is -1.47. The minimum Gasteiger partial charge on any atom is -0.352 e. The van der Waals surface area contributed by atoms with E-state index in [-0.39, 0.29) is 10.5 Å². The summed E-state index contributed by atoms with van der Waals surface area (Å²) in [5.41, 5.74) is -0.314. The molecule has 118 valence electrons. The molecular formula is C14H21FN2O3S. The Morgan fingerprint density at radius 2 is 2.00 bits per heavy atom. The fraction of sp³-hybridized carbons (Fsp3) is 0.500. The molecule has 1 aromatic rings. The maximum atomic E-state index is 13.6. The summed E-state index contributed by atoms with van der Waals surface area (Å²) in [6.07, 6.45) is 2.82. The maximum absolute atomic E-state index is 13.6. The Kier molecular flexibility index (Phi) is 6.29. The lowest BCUT2D eigenvalue weighted by Crippen LogP contribution is -2.26. The van der Waals surface area contributed by atoms with Gasteiger partial charge in [0.1, 0.15) is 5.82 Å². The molecular weight excluding hydrogens is 295 g/mol. The molecule has 0 aliphatic carbocycles. The number of carbonyl (C=O) groups is 1. The first-order valence-corrected chi connectivity index (χ1v) is 8.37. The third kappa shape index (κ3) is 5.81. The highest BCUT2D eigenvalue weighted by molar-refractivity contribution is 7.89. The summed E-state index contributed by atoms with van der Waals surface area (Å²) in [6, 6.07) is 2.91. The molecule has 5 nitrogen and oxygen atoms in total. The van der Waals surface area contributed by atoms with Crippen molar-refractivity contribution in [3.63, 3.8) is 0 Å². The van der Waals surface area contributed by atoms with Crippen LogP contribution in [0.3, 0.4) is 0 Å². The molecule has 1 aromatic carbocycles. The number of unbranched alkanes of at least 4 members (excludes halogenated alkanes) is 1. The average molecular weight is 316 g/mol. The van der Waals surface area contributed by atoms with Gasteiger partial charge in [-0.25, -0.2) is 17.9 Å². The Balaban J connectivity index is 2.66. The second-order valence-corrected chi connectivity index (χ2v) is 6.89. The van der Waals surface area contributed by atoms with Crippen molar-refractivity contribution < 1.29 is 17.6 Å². The van der Waals surface area contributed by atoms with Crippen LogP contribution in [0, 0.1) is 11.7 Å². The van der Waals surface area contributed by atoms with Crippen LogP contribution in [0.25, 0.3) is 0 Å². The van der Waals surface area contributed by atoms with Crippen LogP contribution in [0.15, 0.2) is 23.1 Å². The highest BCUT2D eigenvalue weighted by Gasteiger charge is 2.16. The summed E-state index contributed by atoms with van der Waals surface area (Å²) in [4.78, 5) is 11.6. The lowest BCUT2D eigenvalue weighted by atomic mass is 10.1. The van der Waals surface area contributed by atoms with Gasteiger partial charge in [-0.15, -0.1) is 0 Å². The molecule has 0 aliphatic heterocycles. The predicted octanol–water partition coefficient (Wildman–Crippen LogP) is 2.03. The standard InChI is InChI=1S/C14H21FN2O3S/c1-10(2)5-3-4-8-17-14(18)12-9-11(21(16,19)20)6-7-13(12)15/h6-7,9-10H,3-5,8H2,1-2H3,(H,17,18)(H2,16,19,20). The smallest absolute Gasteiger partial charge is 0.254 e. The van der Waals surface area contributed by atoms with Crippen molar-refractivity contribution in [2.45, 2.75) is 38.0 Å². The molecule has 0 aromatic heterocycles. The number of hydrogen-bond donors (Lipinski definition) is 2. The largest absolute Gasteiger partial charge is 0.352 e. The van der Waals surface area contributed by atoms with E-state index in [1.54, 1.807) is 0 Å². The fourth-order valence-electron chi connectivity index (χ4n) is 1.83. The number of carbonyl (C=O) groups excluding carboxylic acids is 1. The molecule has 7 heteroatoms. The lowest BCUT2D eigenvalue weighted by molar-refractivity contribution is 0.0948. The molecule has 1 rings (SSSR count). The van der Waals surface area contributed by atoms with Gasteiger partial charge >= 0.3 is 0 Å². The first-order chi connectivity index (χ1) is 9.71. The second-order valence-electron chi connectivity index (χ2n) is 5.33. The van der Waals surface area contributed by atoms with E-state index in [0.29, 0.717) is 12.5 Å². The second kappa shape index (κ2) is 7.51.